The average Bonchev–Trinajstić information content (AvgIpc) is 1.61. The fourth-order valence-electron chi connectivity index (χ4n) is 19.0. The van der Waals surface area contributed by atoms with Crippen molar-refractivity contribution >= 4 is 119 Å². The van der Waals surface area contributed by atoms with Crippen LogP contribution in [0.25, 0.3) is 0 Å². The summed E-state index contributed by atoms with van der Waals surface area (Å²) in [5.41, 5.74) is 21.8. The molecule has 12 rings (SSSR count). The Morgan fingerprint density at radius 1 is 0.309 bits per heavy atom. The number of benzene rings is 8. The second-order valence-electron chi connectivity index (χ2n) is 44.2. The van der Waals surface area contributed by atoms with Crippen molar-refractivity contribution in [2.75, 3.05) is 19.6 Å². The van der Waals surface area contributed by atoms with E-state index in [9.17, 15) is 0 Å². The molecule has 0 N–H and O–H groups in total. The Bertz CT molecular complexity index is 4900. The van der Waals surface area contributed by atoms with Crippen molar-refractivity contribution in [2.24, 2.45) is 21.7 Å². The van der Waals surface area contributed by atoms with Crippen LogP contribution in [-0.4, -0.2) is 65.0 Å². The van der Waals surface area contributed by atoms with Gasteiger partial charge in [0.25, 0.3) is 0 Å². The van der Waals surface area contributed by atoms with Gasteiger partial charge in [-0.1, -0.05) is 243 Å². The van der Waals surface area contributed by atoms with Crippen LogP contribution in [0.3, 0.4) is 0 Å². The number of hydrogen-bond acceptors (Lipinski definition) is 8. The third-order valence-electron chi connectivity index (χ3n) is 24.0. The number of nitrogens with zero attached hydrogens (tertiary/aromatic N) is 4. The van der Waals surface area contributed by atoms with E-state index < -0.39 is 54.1 Å². The van der Waals surface area contributed by atoms with Crippen molar-refractivity contribution in [1.29, 1.82) is 0 Å². The molecule has 768 valence electrons. The Kier molecular flexibility index (Phi) is 49.3. The van der Waals surface area contributed by atoms with E-state index in [1.165, 1.54) is 100 Å². The minimum atomic E-state index is -1.77. The van der Waals surface area contributed by atoms with Crippen molar-refractivity contribution in [1.82, 2.24) is 0 Å². The zero-order chi connectivity index (χ0) is 103. The zero-order valence-electron chi connectivity index (χ0n) is 89.1. The van der Waals surface area contributed by atoms with E-state index in [1.54, 1.807) is 0 Å². The van der Waals surface area contributed by atoms with E-state index in [0.29, 0.717) is 29.1 Å². The Hall–Kier alpha value is -3.55. The first-order chi connectivity index (χ1) is 62.8. The molecule has 20 heteroatoms. The molecule has 4 aliphatic heterocycles. The van der Waals surface area contributed by atoms with Gasteiger partial charge in [0.2, 0.25) is 0 Å². The van der Waals surface area contributed by atoms with Crippen molar-refractivity contribution in [3.63, 3.8) is 0 Å². The zero-order valence-corrected chi connectivity index (χ0v) is 102. The summed E-state index contributed by atoms with van der Waals surface area (Å²) in [7, 11) is 46.5. The SMILES string of the molecule is CC(C)Oc1ccccc1[CH]=[Ru]([Cl])[Cl].CC(C)Oc1ccccc1[CH]=[Ru]([Cl])[Cl].CC(C)Oc1ccccc1[CH]=[Ru]([Cl])[Cl].CC(C)Oc1ccccc1[CH]=[Ru]([Cl])[Cl].CC(C)c1cccc(C(C)C)c1N1[CH-]C(C)(C)CC1(C)C.CCC1(CC)[CH-]N(c2ccccc2C(C)C)C(C)(C)C1.Cc1cccc(C(C)(C)C)c1N1[CH-]C(C)(C)CC1(C)C.Cc1cccc(C(C)C)c1N1[CH-]C(C)(C)CC1(C)C. The standard InChI is InChI=1S/C20H32N.2C19H30N.C18H28N.4C10H12O.8ClH.4Ru/c1-14(2)16-10-9-11-17(15(3)4)18(16)21-13-19(5,6)12-20(21,7)8;1-14-10-9-11-15(17(2,3)4)16(14)20-13-18(5,6)12-19(20,7)8;1-7-19(8-2)13-18(5,6)20(14-19)17-12-10-9-11-16(17)15(3)4;1-13(2)15-10-8-9-14(3)16(15)19-12-17(4,5)11-18(19,6)7;4*1-8(2)11-10-7-5-4-6-9(10)3;;;;;;;;;;;;/h9-11,13-15H,12H2,1-8H3;9-11,13H,12H2,1-8H3;9-12,14-15H,7-8,13H2,1-6H3;8-10,12-13H,11H2,1-7H3;4*3-8H,1-2H3;8*1H;;;;/q4*-1;;;;;;;;;;;;;4*+2/p-8. The number of para-hydroxylation sites is 8. The van der Waals surface area contributed by atoms with Crippen LogP contribution < -0.4 is 38.5 Å². The maximum Gasteiger partial charge on any atom is 0.0145 e. The van der Waals surface area contributed by atoms with Crippen LogP contribution >= 0.6 is 77.5 Å². The second-order valence-corrected chi connectivity index (χ2v) is 67.1. The quantitative estimate of drug-likeness (QED) is 0.0491. The summed E-state index contributed by atoms with van der Waals surface area (Å²) in [6, 6.07) is 60.3. The van der Waals surface area contributed by atoms with Gasteiger partial charge in [0, 0.05) is 44.9 Å². The molecule has 0 spiro atoms. The van der Waals surface area contributed by atoms with Gasteiger partial charge in [-0.2, -0.15) is 0 Å². The first-order valence-electron chi connectivity index (χ1n) is 48.2. The van der Waals surface area contributed by atoms with Gasteiger partial charge in [0.15, 0.2) is 0 Å². The molecule has 136 heavy (non-hydrogen) atoms. The van der Waals surface area contributed by atoms with Crippen LogP contribution in [0.2, 0.25) is 0 Å². The third-order valence-corrected chi connectivity index (χ3v) is 31.3. The minimum absolute atomic E-state index is 0.163. The summed E-state index contributed by atoms with van der Waals surface area (Å²) in [4.78, 5) is 10.2. The first-order valence-corrected chi connectivity index (χ1v) is 70.2. The topological polar surface area (TPSA) is 49.9 Å². The minimum Gasteiger partial charge on any atom is -0.517 e. The van der Waals surface area contributed by atoms with Gasteiger partial charge in [-0.15, -0.1) is 21.7 Å². The fourth-order valence-corrected chi connectivity index (χ4v) is 26.2. The maximum absolute atomic E-state index is 5.82. The number of ether oxygens (including phenoxy) is 4. The smallest absolute Gasteiger partial charge is 0.0145 e. The molecule has 4 saturated heterocycles. The molecule has 0 aromatic heterocycles. The van der Waals surface area contributed by atoms with Gasteiger partial charge in [0.1, 0.15) is 0 Å². The maximum atomic E-state index is 5.82. The van der Waals surface area contributed by atoms with E-state index in [0.717, 1.165) is 45.3 Å². The Morgan fingerprint density at radius 3 is 0.831 bits per heavy atom. The molecule has 0 amide bonds. The first kappa shape index (κ1) is 123. The number of hydrogen-bond donors (Lipinski definition) is 0. The van der Waals surface area contributed by atoms with Crippen molar-refractivity contribution in [2.45, 2.75) is 370 Å². The van der Waals surface area contributed by atoms with Gasteiger partial charge >= 0.3 is 391 Å². The largest absolute Gasteiger partial charge is 0.517 e. The summed E-state index contributed by atoms with van der Waals surface area (Å²) in [5.74, 6) is 5.62. The summed E-state index contributed by atoms with van der Waals surface area (Å²) < 4.78 is 30.1. The number of rotatable bonds is 22. The van der Waals surface area contributed by atoms with Crippen molar-refractivity contribution in [3.05, 3.63) is 263 Å². The van der Waals surface area contributed by atoms with Crippen LogP contribution in [-0.2, 0) is 59.5 Å². The molecule has 0 radical (unpaired) electrons. The molecule has 4 aliphatic rings. The molecule has 0 saturated carbocycles. The monoisotopic (exact) mass is 2370 g/mol. The molecule has 8 aromatic carbocycles. The van der Waals surface area contributed by atoms with Crippen LogP contribution in [0, 0.1) is 61.7 Å². The fraction of sp³-hybridized carbons (Fsp3) is 0.517. The summed E-state index contributed by atoms with van der Waals surface area (Å²) in [6.07, 6.45) is 7.95. The average molecular weight is 2370 g/mol. The Morgan fingerprint density at radius 2 is 0.559 bits per heavy atom. The summed E-state index contributed by atoms with van der Waals surface area (Å²) >= 11 is -7.08. The van der Waals surface area contributed by atoms with Gasteiger partial charge in [-0.05, 0) is 143 Å². The summed E-state index contributed by atoms with van der Waals surface area (Å²) in [6.45, 7) is 93.2. The number of aryl methyl sites for hydroxylation is 2. The Balaban J connectivity index is 0.000000276. The molecule has 0 unspecified atom stereocenters. The summed E-state index contributed by atoms with van der Waals surface area (Å²) in [5, 5.41) is 0. The van der Waals surface area contributed by atoms with Crippen LogP contribution in [0.4, 0.5) is 22.7 Å². The molecular weight excluding hydrogens is 2200 g/mol. The number of halogens is 8. The van der Waals surface area contributed by atoms with E-state index in [-0.39, 0.29) is 68.2 Å². The van der Waals surface area contributed by atoms with Crippen LogP contribution in [0.1, 0.15) is 366 Å². The molecular formula is C116H168Cl8N4O4Ru4-4. The van der Waals surface area contributed by atoms with E-state index in [4.69, 9.17) is 96.5 Å². The molecule has 8 aromatic rings. The van der Waals surface area contributed by atoms with E-state index >= 15 is 0 Å². The number of anilines is 4. The predicted octanol–water partition coefficient (Wildman–Crippen LogP) is 36.8. The van der Waals surface area contributed by atoms with Crippen molar-refractivity contribution < 1.29 is 73.0 Å². The van der Waals surface area contributed by atoms with E-state index in [2.05, 4.69) is 325 Å². The molecule has 8 nitrogen and oxygen atoms in total. The molecule has 0 aliphatic carbocycles. The predicted molar refractivity (Wildman–Crippen MR) is 593 cm³/mol. The Labute approximate surface area is 880 Å². The van der Waals surface area contributed by atoms with Gasteiger partial charge in [-0.25, -0.2) is 26.2 Å². The van der Waals surface area contributed by atoms with E-state index in [1.807, 2.05) is 171 Å². The molecule has 4 heterocycles. The molecule has 0 bridgehead atoms. The van der Waals surface area contributed by atoms with Gasteiger partial charge < -0.3 is 19.6 Å². The van der Waals surface area contributed by atoms with Crippen LogP contribution in [0.15, 0.2) is 176 Å². The molecule has 0 atom stereocenters. The van der Waals surface area contributed by atoms with Gasteiger partial charge in [-0.3, -0.25) is 0 Å². The second kappa shape index (κ2) is 54.6. The van der Waals surface area contributed by atoms with Crippen LogP contribution in [0.5, 0.6) is 23.0 Å². The normalized spacial score (nSPS) is 17.0. The third kappa shape index (κ3) is 38.8. The van der Waals surface area contributed by atoms with Crippen molar-refractivity contribution in [3.8, 4) is 23.0 Å². The van der Waals surface area contributed by atoms with Gasteiger partial charge in [0.05, 0.1) is 0 Å². The molecule has 4 fully saturated rings.